The first-order chi connectivity index (χ1) is 7.00. The van der Waals surface area contributed by atoms with Crippen LogP contribution < -0.4 is 4.90 Å². The second-order valence-corrected chi connectivity index (χ2v) is 4.90. The maximum atomic E-state index is 10.7. The van der Waals surface area contributed by atoms with E-state index in [0.29, 0.717) is 0 Å². The van der Waals surface area contributed by atoms with Crippen LogP contribution in [0, 0.1) is 0 Å². The lowest BCUT2D eigenvalue weighted by molar-refractivity contribution is -0.135. The molecular formula is C10H11NO3S. The first kappa shape index (κ1) is 10.3. The van der Waals surface area contributed by atoms with Crippen molar-refractivity contribution >= 4 is 23.4 Å². The minimum Gasteiger partial charge on any atom is -0.480 e. The molecule has 1 aromatic carbocycles. The number of benzene rings is 1. The van der Waals surface area contributed by atoms with Crippen LogP contribution in [0.4, 0.5) is 5.69 Å². The van der Waals surface area contributed by atoms with Crippen molar-refractivity contribution in [2.24, 2.45) is 0 Å². The SMILES string of the molecule is C[C@@]1(O)Sc2ccccc2N1CC(=O)O. The number of aliphatic carboxylic acids is 1. The molecule has 0 unspecified atom stereocenters. The van der Waals surface area contributed by atoms with Gasteiger partial charge in [-0.2, -0.15) is 0 Å². The summed E-state index contributed by atoms with van der Waals surface area (Å²) in [6, 6.07) is 7.38. The van der Waals surface area contributed by atoms with Crippen LogP contribution in [0.2, 0.25) is 0 Å². The number of carboxylic acid groups (broad SMARTS) is 1. The number of hydrogen-bond donors (Lipinski definition) is 2. The van der Waals surface area contributed by atoms with Crippen molar-refractivity contribution in [2.75, 3.05) is 11.4 Å². The molecule has 4 nitrogen and oxygen atoms in total. The third-order valence-corrected chi connectivity index (χ3v) is 3.43. The third kappa shape index (κ3) is 1.80. The van der Waals surface area contributed by atoms with Crippen LogP contribution in [-0.4, -0.2) is 27.8 Å². The van der Waals surface area contributed by atoms with Gasteiger partial charge in [0.15, 0.2) is 5.06 Å². The number of para-hydroxylation sites is 1. The van der Waals surface area contributed by atoms with Gasteiger partial charge in [0.05, 0.1) is 5.69 Å². The molecule has 0 fully saturated rings. The number of rotatable bonds is 2. The highest BCUT2D eigenvalue weighted by Crippen LogP contribution is 2.48. The lowest BCUT2D eigenvalue weighted by Gasteiger charge is -2.29. The molecule has 0 saturated heterocycles. The van der Waals surface area contributed by atoms with Gasteiger partial charge < -0.3 is 15.1 Å². The van der Waals surface area contributed by atoms with Crippen molar-refractivity contribution < 1.29 is 15.0 Å². The summed E-state index contributed by atoms with van der Waals surface area (Å²) >= 11 is 1.26. The number of nitrogens with zero attached hydrogens (tertiary/aromatic N) is 1. The van der Waals surface area contributed by atoms with Crippen molar-refractivity contribution in [3.8, 4) is 0 Å². The molecule has 1 atom stereocenters. The first-order valence-electron chi connectivity index (χ1n) is 4.50. The second-order valence-electron chi connectivity index (χ2n) is 3.48. The maximum absolute atomic E-state index is 10.7. The predicted octanol–water partition coefficient (Wildman–Crippen LogP) is 1.35. The van der Waals surface area contributed by atoms with Crippen LogP contribution in [0.3, 0.4) is 0 Å². The Morgan fingerprint density at radius 1 is 1.53 bits per heavy atom. The largest absolute Gasteiger partial charge is 0.480 e. The highest BCUT2D eigenvalue weighted by atomic mass is 32.2. The molecule has 2 N–H and O–H groups in total. The molecule has 0 amide bonds. The molecule has 80 valence electrons. The van der Waals surface area contributed by atoms with E-state index in [2.05, 4.69) is 0 Å². The van der Waals surface area contributed by atoms with Crippen LogP contribution in [0.15, 0.2) is 29.2 Å². The molecule has 0 saturated carbocycles. The number of hydrogen-bond acceptors (Lipinski definition) is 4. The molecule has 15 heavy (non-hydrogen) atoms. The molecule has 0 spiro atoms. The summed E-state index contributed by atoms with van der Waals surface area (Å²) in [6.45, 7) is 1.40. The van der Waals surface area contributed by atoms with Crippen molar-refractivity contribution in [1.29, 1.82) is 0 Å². The van der Waals surface area contributed by atoms with E-state index in [1.165, 1.54) is 16.7 Å². The average Bonchev–Trinajstić information content (AvgIpc) is 2.37. The molecule has 0 aliphatic carbocycles. The van der Waals surface area contributed by atoms with Gasteiger partial charge in [-0.1, -0.05) is 23.9 Å². The van der Waals surface area contributed by atoms with Crippen molar-refractivity contribution in [1.82, 2.24) is 0 Å². The Hall–Kier alpha value is -1.20. The number of thioether (sulfide) groups is 1. The predicted molar refractivity (Wildman–Crippen MR) is 57.9 cm³/mol. The van der Waals surface area contributed by atoms with Crippen molar-refractivity contribution in [3.05, 3.63) is 24.3 Å². The smallest absolute Gasteiger partial charge is 0.323 e. The van der Waals surface area contributed by atoms with Gasteiger partial charge >= 0.3 is 5.97 Å². The fraction of sp³-hybridized carbons (Fsp3) is 0.300. The van der Waals surface area contributed by atoms with E-state index in [4.69, 9.17) is 5.11 Å². The molecule has 1 aliphatic heterocycles. The molecule has 0 bridgehead atoms. The molecule has 5 heteroatoms. The maximum Gasteiger partial charge on any atom is 0.323 e. The zero-order chi connectivity index (χ0) is 11.1. The van der Waals surface area contributed by atoms with Gasteiger partial charge in [-0.15, -0.1) is 0 Å². The number of fused-ring (bicyclic) bond motifs is 1. The molecule has 1 aliphatic rings. The highest BCUT2D eigenvalue weighted by Gasteiger charge is 2.39. The fourth-order valence-corrected chi connectivity index (χ4v) is 2.74. The van der Waals surface area contributed by atoms with E-state index < -0.39 is 11.0 Å². The zero-order valence-electron chi connectivity index (χ0n) is 8.17. The van der Waals surface area contributed by atoms with Gasteiger partial charge in [0.2, 0.25) is 0 Å². The fourth-order valence-electron chi connectivity index (χ4n) is 1.62. The van der Waals surface area contributed by atoms with Crippen LogP contribution >= 0.6 is 11.8 Å². The lowest BCUT2D eigenvalue weighted by atomic mass is 10.3. The van der Waals surface area contributed by atoms with Crippen molar-refractivity contribution in [3.63, 3.8) is 0 Å². The topological polar surface area (TPSA) is 60.8 Å². The first-order valence-corrected chi connectivity index (χ1v) is 5.32. The summed E-state index contributed by atoms with van der Waals surface area (Å²) in [4.78, 5) is 13.1. The highest BCUT2D eigenvalue weighted by molar-refractivity contribution is 8.01. The summed E-state index contributed by atoms with van der Waals surface area (Å²) in [5, 5.41) is 17.6. The summed E-state index contributed by atoms with van der Waals surface area (Å²) in [5.74, 6) is -0.951. The minimum absolute atomic E-state index is 0.197. The monoisotopic (exact) mass is 225 g/mol. The number of carbonyl (C=O) groups is 1. The Bertz CT molecular complexity index is 405. The molecule has 1 heterocycles. The van der Waals surface area contributed by atoms with Gasteiger partial charge in [0.1, 0.15) is 6.54 Å². The number of carboxylic acids is 1. The Labute approximate surface area is 91.5 Å². The van der Waals surface area contributed by atoms with Gasteiger partial charge in [0.25, 0.3) is 0 Å². The number of anilines is 1. The Morgan fingerprint density at radius 2 is 2.20 bits per heavy atom. The summed E-state index contributed by atoms with van der Waals surface area (Å²) in [6.07, 6.45) is 0. The normalized spacial score (nSPS) is 24.0. The van der Waals surface area contributed by atoms with E-state index in [9.17, 15) is 9.90 Å². The van der Waals surface area contributed by atoms with Gasteiger partial charge in [-0.3, -0.25) is 4.79 Å². The van der Waals surface area contributed by atoms with E-state index in [0.717, 1.165) is 10.6 Å². The number of aliphatic hydroxyl groups is 1. The molecular weight excluding hydrogens is 214 g/mol. The summed E-state index contributed by atoms with van der Waals surface area (Å²) in [5.41, 5.74) is 0.773. The molecule has 0 radical (unpaired) electrons. The second kappa shape index (κ2) is 3.43. The van der Waals surface area contributed by atoms with E-state index >= 15 is 0 Å². The minimum atomic E-state index is -1.18. The third-order valence-electron chi connectivity index (χ3n) is 2.25. The molecule has 2 rings (SSSR count). The van der Waals surface area contributed by atoms with E-state index in [1.807, 2.05) is 24.3 Å². The van der Waals surface area contributed by atoms with Crippen LogP contribution in [0.25, 0.3) is 0 Å². The summed E-state index contributed by atoms with van der Waals surface area (Å²) in [7, 11) is 0. The Morgan fingerprint density at radius 3 is 2.87 bits per heavy atom. The van der Waals surface area contributed by atoms with Crippen molar-refractivity contribution in [2.45, 2.75) is 16.9 Å². The van der Waals surface area contributed by atoms with Crippen LogP contribution in [0.1, 0.15) is 6.92 Å². The Balaban J connectivity index is 2.38. The quantitative estimate of drug-likeness (QED) is 0.795. The summed E-state index contributed by atoms with van der Waals surface area (Å²) < 4.78 is 0. The van der Waals surface area contributed by atoms with E-state index in [-0.39, 0.29) is 6.54 Å². The zero-order valence-corrected chi connectivity index (χ0v) is 8.99. The average molecular weight is 225 g/mol. The van der Waals surface area contributed by atoms with Crippen LogP contribution in [-0.2, 0) is 4.79 Å². The van der Waals surface area contributed by atoms with Crippen LogP contribution in [0.5, 0.6) is 0 Å². The Kier molecular flexibility index (Phi) is 2.36. The van der Waals surface area contributed by atoms with Gasteiger partial charge in [-0.05, 0) is 19.1 Å². The molecule has 0 aromatic heterocycles. The van der Waals surface area contributed by atoms with E-state index in [1.54, 1.807) is 6.92 Å². The lowest BCUT2D eigenvalue weighted by Crippen LogP contribution is -2.43. The van der Waals surface area contributed by atoms with Gasteiger partial charge in [-0.25, -0.2) is 0 Å². The molecule has 1 aromatic rings. The standard InChI is InChI=1S/C10H11NO3S/c1-10(14)11(6-9(12)13)7-4-2-3-5-8(7)15-10/h2-5,14H,6H2,1H3,(H,12,13)/t10-/m1/s1. The van der Waals surface area contributed by atoms with Gasteiger partial charge in [0, 0.05) is 4.90 Å².